The van der Waals surface area contributed by atoms with Gasteiger partial charge in [-0.3, -0.25) is 0 Å². The highest BCUT2D eigenvalue weighted by atomic mass is 16.5. The van der Waals surface area contributed by atoms with E-state index in [-0.39, 0.29) is 6.10 Å². The van der Waals surface area contributed by atoms with Gasteiger partial charge >= 0.3 is 0 Å². The van der Waals surface area contributed by atoms with Crippen molar-refractivity contribution in [3.8, 4) is 0 Å². The van der Waals surface area contributed by atoms with Gasteiger partial charge in [-0.15, -0.1) is 0 Å². The van der Waals surface area contributed by atoms with Crippen molar-refractivity contribution in [1.29, 1.82) is 0 Å². The number of nitrogens with one attached hydrogen (secondary N) is 1. The minimum Gasteiger partial charge on any atom is -0.377 e. The molecule has 1 rings (SSSR count). The Kier molecular flexibility index (Phi) is 5.73. The largest absolute Gasteiger partial charge is 0.377 e. The summed E-state index contributed by atoms with van der Waals surface area (Å²) >= 11 is 0. The van der Waals surface area contributed by atoms with Gasteiger partial charge in [0.1, 0.15) is 0 Å². The van der Waals surface area contributed by atoms with Crippen LogP contribution in [-0.4, -0.2) is 38.0 Å². The summed E-state index contributed by atoms with van der Waals surface area (Å²) < 4.78 is 11.1. The quantitative estimate of drug-likeness (QED) is 0.726. The minimum atomic E-state index is 0.231. The first-order valence-electron chi connectivity index (χ1n) is 6.48. The van der Waals surface area contributed by atoms with Crippen molar-refractivity contribution >= 4 is 0 Å². The summed E-state index contributed by atoms with van der Waals surface area (Å²) in [6, 6.07) is 1.03. The van der Waals surface area contributed by atoms with Crippen LogP contribution >= 0.6 is 0 Å². The normalized spacial score (nSPS) is 31.5. The molecule has 4 unspecified atom stereocenters. The highest BCUT2D eigenvalue weighted by Gasteiger charge is 2.42. The third-order valence-electron chi connectivity index (χ3n) is 3.23. The molecule has 4 atom stereocenters. The predicted molar refractivity (Wildman–Crippen MR) is 66.7 cm³/mol. The number of hydrogen-bond acceptors (Lipinski definition) is 3. The molecule has 0 aromatic heterocycles. The Morgan fingerprint density at radius 3 is 2.50 bits per heavy atom. The van der Waals surface area contributed by atoms with Crippen LogP contribution in [0.15, 0.2) is 0 Å². The summed E-state index contributed by atoms with van der Waals surface area (Å²) in [5.74, 6) is 0.742. The molecule has 0 aromatic carbocycles. The van der Waals surface area contributed by atoms with Gasteiger partial charge < -0.3 is 14.8 Å². The van der Waals surface area contributed by atoms with Crippen molar-refractivity contribution in [2.75, 3.05) is 13.7 Å². The predicted octanol–water partition coefficient (Wildman–Crippen LogP) is 2.20. The first-order valence-corrected chi connectivity index (χ1v) is 6.48. The first-order chi connectivity index (χ1) is 7.58. The summed E-state index contributed by atoms with van der Waals surface area (Å²) in [5, 5.41) is 3.63. The molecule has 1 fully saturated rings. The number of rotatable bonds is 7. The second-order valence-electron chi connectivity index (χ2n) is 5.23. The molecule has 0 bridgehead atoms. The van der Waals surface area contributed by atoms with E-state index < -0.39 is 0 Å². The molecule has 1 N–H and O–H groups in total. The maximum Gasteiger partial charge on any atom is 0.0986 e. The minimum absolute atomic E-state index is 0.231. The van der Waals surface area contributed by atoms with Crippen molar-refractivity contribution in [2.24, 2.45) is 5.92 Å². The van der Waals surface area contributed by atoms with Crippen LogP contribution in [0.4, 0.5) is 0 Å². The lowest BCUT2D eigenvalue weighted by Crippen LogP contribution is -2.61. The Morgan fingerprint density at radius 2 is 2.00 bits per heavy atom. The lowest BCUT2D eigenvalue weighted by Gasteiger charge is -2.44. The summed E-state index contributed by atoms with van der Waals surface area (Å²) in [6.07, 6.45) is 2.81. The molecule has 0 saturated heterocycles. The van der Waals surface area contributed by atoms with Gasteiger partial charge in [-0.25, -0.2) is 0 Å². The fourth-order valence-corrected chi connectivity index (χ4v) is 2.58. The molecule has 1 saturated carbocycles. The number of hydrogen-bond donors (Lipinski definition) is 1. The van der Waals surface area contributed by atoms with Crippen molar-refractivity contribution in [3.05, 3.63) is 0 Å². The summed E-state index contributed by atoms with van der Waals surface area (Å²) in [4.78, 5) is 0. The number of methoxy groups -OCH3 is 1. The molecule has 0 aliphatic heterocycles. The van der Waals surface area contributed by atoms with Gasteiger partial charge in [-0.05, 0) is 32.6 Å². The smallest absolute Gasteiger partial charge is 0.0986 e. The van der Waals surface area contributed by atoms with E-state index in [9.17, 15) is 0 Å². The molecular weight excluding hydrogens is 202 g/mol. The Hall–Kier alpha value is -0.120. The van der Waals surface area contributed by atoms with Crippen LogP contribution < -0.4 is 5.32 Å². The molecule has 1 aliphatic carbocycles. The zero-order valence-electron chi connectivity index (χ0n) is 11.3. The lowest BCUT2D eigenvalue weighted by molar-refractivity contribution is -0.133. The molecule has 0 aromatic rings. The molecule has 0 amide bonds. The molecule has 96 valence electrons. The van der Waals surface area contributed by atoms with E-state index in [1.54, 1.807) is 7.11 Å². The third-order valence-corrected chi connectivity index (χ3v) is 3.23. The maximum absolute atomic E-state index is 5.61. The Morgan fingerprint density at radius 1 is 1.31 bits per heavy atom. The van der Waals surface area contributed by atoms with E-state index >= 15 is 0 Å². The van der Waals surface area contributed by atoms with Crippen LogP contribution in [0.1, 0.15) is 40.5 Å². The van der Waals surface area contributed by atoms with E-state index in [0.29, 0.717) is 18.2 Å². The van der Waals surface area contributed by atoms with Crippen LogP contribution in [0, 0.1) is 5.92 Å². The van der Waals surface area contributed by atoms with Crippen molar-refractivity contribution < 1.29 is 9.47 Å². The topological polar surface area (TPSA) is 30.5 Å². The van der Waals surface area contributed by atoms with Gasteiger partial charge in [0.25, 0.3) is 0 Å². The zero-order chi connectivity index (χ0) is 12.1. The SMILES string of the molecule is CCOC1CC(NC(C)CC(C)C)C1OC. The first kappa shape index (κ1) is 13.9. The average Bonchev–Trinajstić information content (AvgIpc) is 2.15. The van der Waals surface area contributed by atoms with Crippen LogP contribution in [0.25, 0.3) is 0 Å². The Balaban J connectivity index is 2.28. The molecular formula is C13H27NO2. The monoisotopic (exact) mass is 229 g/mol. The summed E-state index contributed by atoms with van der Waals surface area (Å²) in [6.45, 7) is 9.58. The van der Waals surface area contributed by atoms with E-state index in [0.717, 1.165) is 18.9 Å². The van der Waals surface area contributed by atoms with E-state index in [4.69, 9.17) is 9.47 Å². The van der Waals surface area contributed by atoms with Gasteiger partial charge in [0.05, 0.1) is 12.2 Å². The second kappa shape index (κ2) is 6.58. The Labute approximate surface area is 99.9 Å². The van der Waals surface area contributed by atoms with E-state index in [2.05, 4.69) is 26.1 Å². The van der Waals surface area contributed by atoms with Gasteiger partial charge in [0.15, 0.2) is 0 Å². The number of ether oxygens (including phenoxy) is 2. The second-order valence-corrected chi connectivity index (χ2v) is 5.23. The van der Waals surface area contributed by atoms with Gasteiger partial charge in [0.2, 0.25) is 0 Å². The van der Waals surface area contributed by atoms with Crippen molar-refractivity contribution in [3.63, 3.8) is 0 Å². The van der Waals surface area contributed by atoms with Crippen LogP contribution in [0.5, 0.6) is 0 Å². The third kappa shape index (κ3) is 3.72. The standard InChI is InChI=1S/C13H27NO2/c1-6-16-12-8-11(13(12)15-5)14-10(4)7-9(2)3/h9-14H,6-8H2,1-5H3. The highest BCUT2D eigenvalue weighted by molar-refractivity contribution is 4.98. The van der Waals surface area contributed by atoms with Crippen LogP contribution in [0.2, 0.25) is 0 Å². The molecule has 0 spiro atoms. The van der Waals surface area contributed by atoms with Gasteiger partial charge in [-0.2, -0.15) is 0 Å². The fraction of sp³-hybridized carbons (Fsp3) is 1.00. The summed E-state index contributed by atoms with van der Waals surface area (Å²) in [5.41, 5.74) is 0. The molecule has 1 aliphatic rings. The zero-order valence-corrected chi connectivity index (χ0v) is 11.3. The maximum atomic E-state index is 5.61. The molecule has 0 heterocycles. The molecule has 3 heteroatoms. The molecule has 16 heavy (non-hydrogen) atoms. The van der Waals surface area contributed by atoms with Crippen molar-refractivity contribution in [2.45, 2.75) is 64.8 Å². The van der Waals surface area contributed by atoms with Gasteiger partial charge in [-0.1, -0.05) is 13.8 Å². The van der Waals surface area contributed by atoms with Crippen LogP contribution in [-0.2, 0) is 9.47 Å². The average molecular weight is 229 g/mol. The van der Waals surface area contributed by atoms with Crippen molar-refractivity contribution in [1.82, 2.24) is 5.32 Å². The lowest BCUT2D eigenvalue weighted by atomic mass is 9.84. The molecule has 3 nitrogen and oxygen atoms in total. The van der Waals surface area contributed by atoms with Gasteiger partial charge in [0, 0.05) is 25.8 Å². The Bertz CT molecular complexity index is 196. The van der Waals surface area contributed by atoms with Crippen LogP contribution in [0.3, 0.4) is 0 Å². The molecule has 0 radical (unpaired) electrons. The van der Waals surface area contributed by atoms with E-state index in [1.807, 2.05) is 6.92 Å². The fourth-order valence-electron chi connectivity index (χ4n) is 2.58. The summed E-state index contributed by atoms with van der Waals surface area (Å²) in [7, 11) is 1.78. The van der Waals surface area contributed by atoms with E-state index in [1.165, 1.54) is 6.42 Å². The highest BCUT2D eigenvalue weighted by Crippen LogP contribution is 2.27.